The number of benzene rings is 2. The van der Waals surface area contributed by atoms with Crippen LogP contribution in [0.5, 0.6) is 0 Å². The minimum atomic E-state index is 0.155. The lowest BCUT2D eigenvalue weighted by molar-refractivity contribution is -0.124. The van der Waals surface area contributed by atoms with Crippen molar-refractivity contribution >= 4 is 17.6 Å². The highest BCUT2D eigenvalue weighted by Gasteiger charge is 2.20. The molecule has 2 aromatic carbocycles. The number of hydrogen-bond donors (Lipinski definition) is 0. The fraction of sp³-hybridized carbons (Fsp3) is 0.286. The minimum Gasteiger partial charge on any atom is -0.339 e. The zero-order valence-corrected chi connectivity index (χ0v) is 13.4. The van der Waals surface area contributed by atoms with Crippen molar-refractivity contribution in [1.29, 1.82) is 0 Å². The van der Waals surface area contributed by atoms with Crippen LogP contribution in [0.2, 0.25) is 0 Å². The molecule has 1 amide bonds. The summed E-state index contributed by atoms with van der Waals surface area (Å²) < 4.78 is 0. The third-order valence-corrected chi connectivity index (χ3v) is 4.32. The van der Waals surface area contributed by atoms with Gasteiger partial charge in [-0.2, -0.15) is 0 Å². The van der Waals surface area contributed by atoms with Crippen molar-refractivity contribution in [2.24, 2.45) is 0 Å². The van der Waals surface area contributed by atoms with Crippen molar-refractivity contribution in [2.45, 2.75) is 25.7 Å². The number of carbonyl (C=O) groups is 1. The standard InChI is InChI=1S/C21H23NO/c23-21(22-15-9-1-2-10-16-22)20(19-13-7-4-8-14-19)17-18-11-5-3-6-12-18/h3-8,11-14,17H,1-2,9-10,15-16H2. The summed E-state index contributed by atoms with van der Waals surface area (Å²) in [6.07, 6.45) is 6.69. The van der Waals surface area contributed by atoms with E-state index in [1.54, 1.807) is 0 Å². The Bertz CT molecular complexity index is 653. The largest absolute Gasteiger partial charge is 0.339 e. The summed E-state index contributed by atoms with van der Waals surface area (Å²) in [4.78, 5) is 15.1. The Morgan fingerprint density at radius 1 is 0.783 bits per heavy atom. The maximum atomic E-state index is 13.1. The second kappa shape index (κ2) is 7.77. The summed E-state index contributed by atoms with van der Waals surface area (Å²) in [6.45, 7) is 1.75. The molecule has 3 rings (SSSR count). The lowest BCUT2D eigenvalue weighted by Gasteiger charge is -2.22. The topological polar surface area (TPSA) is 20.3 Å². The molecule has 0 atom stereocenters. The van der Waals surface area contributed by atoms with Gasteiger partial charge in [-0.1, -0.05) is 73.5 Å². The lowest BCUT2D eigenvalue weighted by Crippen LogP contribution is -2.32. The van der Waals surface area contributed by atoms with E-state index in [1.165, 1.54) is 12.8 Å². The van der Waals surface area contributed by atoms with Crippen molar-refractivity contribution < 1.29 is 4.79 Å². The van der Waals surface area contributed by atoms with Crippen molar-refractivity contribution in [1.82, 2.24) is 4.90 Å². The van der Waals surface area contributed by atoms with Gasteiger partial charge in [0.05, 0.1) is 0 Å². The third kappa shape index (κ3) is 4.10. The molecule has 0 saturated carbocycles. The van der Waals surface area contributed by atoms with E-state index in [0.29, 0.717) is 0 Å². The van der Waals surface area contributed by atoms with Crippen LogP contribution in [-0.4, -0.2) is 23.9 Å². The van der Waals surface area contributed by atoms with Crippen molar-refractivity contribution in [3.8, 4) is 0 Å². The van der Waals surface area contributed by atoms with E-state index >= 15 is 0 Å². The summed E-state index contributed by atoms with van der Waals surface area (Å²) in [5.74, 6) is 0.155. The molecule has 0 spiro atoms. The molecule has 0 unspecified atom stereocenters. The molecule has 23 heavy (non-hydrogen) atoms. The summed E-state index contributed by atoms with van der Waals surface area (Å²) in [6, 6.07) is 20.1. The lowest BCUT2D eigenvalue weighted by atomic mass is 10.0. The van der Waals surface area contributed by atoms with Gasteiger partial charge in [0, 0.05) is 18.7 Å². The molecular weight excluding hydrogens is 282 g/mol. The van der Waals surface area contributed by atoms with E-state index in [0.717, 1.165) is 42.6 Å². The Balaban J connectivity index is 1.95. The van der Waals surface area contributed by atoms with Gasteiger partial charge in [-0.3, -0.25) is 4.79 Å². The normalized spacial score (nSPS) is 16.0. The van der Waals surface area contributed by atoms with Crippen LogP contribution in [-0.2, 0) is 4.79 Å². The van der Waals surface area contributed by atoms with Gasteiger partial charge in [0.25, 0.3) is 5.91 Å². The summed E-state index contributed by atoms with van der Waals surface area (Å²) in [5, 5.41) is 0. The Labute approximate surface area is 138 Å². The summed E-state index contributed by atoms with van der Waals surface area (Å²) >= 11 is 0. The van der Waals surface area contributed by atoms with E-state index in [4.69, 9.17) is 0 Å². The Kier molecular flexibility index (Phi) is 5.25. The molecule has 1 aliphatic rings. The first-order valence-corrected chi connectivity index (χ1v) is 8.46. The first kappa shape index (κ1) is 15.5. The molecule has 0 aliphatic carbocycles. The highest BCUT2D eigenvalue weighted by Crippen LogP contribution is 2.22. The summed E-state index contributed by atoms with van der Waals surface area (Å²) in [7, 11) is 0. The van der Waals surface area contributed by atoms with Gasteiger partial charge in [0.1, 0.15) is 0 Å². The van der Waals surface area contributed by atoms with Crippen LogP contribution in [0.15, 0.2) is 60.7 Å². The van der Waals surface area contributed by atoms with Crippen LogP contribution in [0.4, 0.5) is 0 Å². The fourth-order valence-corrected chi connectivity index (χ4v) is 3.05. The molecule has 2 aromatic rings. The molecule has 1 heterocycles. The van der Waals surface area contributed by atoms with Crippen LogP contribution >= 0.6 is 0 Å². The van der Waals surface area contributed by atoms with Gasteiger partial charge < -0.3 is 4.90 Å². The number of carbonyl (C=O) groups excluding carboxylic acids is 1. The zero-order valence-electron chi connectivity index (χ0n) is 13.4. The quantitative estimate of drug-likeness (QED) is 0.598. The van der Waals surface area contributed by atoms with E-state index < -0.39 is 0 Å². The number of likely N-dealkylation sites (tertiary alicyclic amines) is 1. The molecule has 2 nitrogen and oxygen atoms in total. The molecule has 118 valence electrons. The highest BCUT2D eigenvalue weighted by atomic mass is 16.2. The van der Waals surface area contributed by atoms with E-state index in [2.05, 4.69) is 0 Å². The smallest absolute Gasteiger partial charge is 0.254 e. The molecule has 1 fully saturated rings. The van der Waals surface area contributed by atoms with Gasteiger partial charge in [-0.05, 0) is 30.0 Å². The molecule has 2 heteroatoms. The van der Waals surface area contributed by atoms with Crippen molar-refractivity contribution in [2.75, 3.05) is 13.1 Å². The number of rotatable bonds is 3. The molecule has 1 aliphatic heterocycles. The second-order valence-electron chi connectivity index (χ2n) is 6.04. The number of nitrogens with zero attached hydrogens (tertiary/aromatic N) is 1. The third-order valence-electron chi connectivity index (χ3n) is 4.32. The maximum Gasteiger partial charge on any atom is 0.254 e. The fourth-order valence-electron chi connectivity index (χ4n) is 3.05. The Hall–Kier alpha value is -2.35. The van der Waals surface area contributed by atoms with E-state index in [-0.39, 0.29) is 5.91 Å². The monoisotopic (exact) mass is 305 g/mol. The van der Waals surface area contributed by atoms with E-state index in [1.807, 2.05) is 71.6 Å². The van der Waals surface area contributed by atoms with Gasteiger partial charge in [0.2, 0.25) is 0 Å². The minimum absolute atomic E-state index is 0.155. The average molecular weight is 305 g/mol. The predicted molar refractivity (Wildman–Crippen MR) is 95.8 cm³/mol. The van der Waals surface area contributed by atoms with Gasteiger partial charge in [-0.15, -0.1) is 0 Å². The number of amides is 1. The van der Waals surface area contributed by atoms with Gasteiger partial charge in [-0.25, -0.2) is 0 Å². The highest BCUT2D eigenvalue weighted by molar-refractivity contribution is 6.24. The summed E-state index contributed by atoms with van der Waals surface area (Å²) in [5.41, 5.74) is 2.85. The van der Waals surface area contributed by atoms with Crippen molar-refractivity contribution in [3.63, 3.8) is 0 Å². The van der Waals surface area contributed by atoms with Crippen LogP contribution in [0.25, 0.3) is 11.6 Å². The molecule has 1 saturated heterocycles. The molecule has 0 radical (unpaired) electrons. The van der Waals surface area contributed by atoms with E-state index in [9.17, 15) is 4.79 Å². The predicted octanol–water partition coefficient (Wildman–Crippen LogP) is 4.63. The number of hydrogen-bond acceptors (Lipinski definition) is 1. The zero-order chi connectivity index (χ0) is 15.9. The molecular formula is C21H23NO. The van der Waals surface area contributed by atoms with Gasteiger partial charge >= 0.3 is 0 Å². The first-order valence-electron chi connectivity index (χ1n) is 8.46. The first-order chi connectivity index (χ1) is 11.3. The van der Waals surface area contributed by atoms with Crippen LogP contribution < -0.4 is 0 Å². The van der Waals surface area contributed by atoms with Gasteiger partial charge in [0.15, 0.2) is 0 Å². The Morgan fingerprint density at radius 2 is 1.35 bits per heavy atom. The molecule has 0 aromatic heterocycles. The second-order valence-corrected chi connectivity index (χ2v) is 6.04. The Morgan fingerprint density at radius 3 is 1.96 bits per heavy atom. The SMILES string of the molecule is O=C(C(=Cc1ccccc1)c1ccccc1)N1CCCCCC1. The molecule has 0 bridgehead atoms. The van der Waals surface area contributed by atoms with Crippen molar-refractivity contribution in [3.05, 3.63) is 71.8 Å². The molecule has 0 N–H and O–H groups in total. The van der Waals surface area contributed by atoms with Crippen LogP contribution in [0, 0.1) is 0 Å². The average Bonchev–Trinajstić information content (AvgIpc) is 2.90. The maximum absolute atomic E-state index is 13.1. The van der Waals surface area contributed by atoms with Crippen LogP contribution in [0.3, 0.4) is 0 Å². The van der Waals surface area contributed by atoms with Crippen LogP contribution in [0.1, 0.15) is 36.8 Å².